The third-order valence-electron chi connectivity index (χ3n) is 4.53. The zero-order chi connectivity index (χ0) is 20.6. The maximum Gasteiger partial charge on any atom is 0.425 e. The molecule has 0 fully saturated rings. The van der Waals surface area contributed by atoms with Gasteiger partial charge in [0.25, 0.3) is 0 Å². The van der Waals surface area contributed by atoms with Crippen molar-refractivity contribution in [1.82, 2.24) is 0 Å². The Hall–Kier alpha value is -1.96. The molecular formula is C21H24F4O3. The summed E-state index contributed by atoms with van der Waals surface area (Å²) in [7, 11) is 0. The van der Waals surface area contributed by atoms with Crippen LogP contribution in [-0.4, -0.2) is 35.8 Å². The maximum atomic E-state index is 15.1. The van der Waals surface area contributed by atoms with Crippen LogP contribution in [0, 0.1) is 0 Å². The first-order valence-electron chi connectivity index (χ1n) is 8.99. The van der Waals surface area contributed by atoms with Gasteiger partial charge in [0.1, 0.15) is 12.2 Å². The van der Waals surface area contributed by atoms with Crippen LogP contribution in [0.4, 0.5) is 17.6 Å². The van der Waals surface area contributed by atoms with E-state index in [0.29, 0.717) is 11.1 Å². The Labute approximate surface area is 161 Å². The van der Waals surface area contributed by atoms with Gasteiger partial charge in [-0.25, -0.2) is 4.39 Å². The fraction of sp³-hybridized carbons (Fsp3) is 0.429. The van der Waals surface area contributed by atoms with Crippen molar-refractivity contribution in [2.45, 2.75) is 50.6 Å². The lowest BCUT2D eigenvalue weighted by molar-refractivity contribution is -0.288. The molecule has 1 N–H and O–H groups in total. The van der Waals surface area contributed by atoms with Crippen LogP contribution in [0.25, 0.3) is 0 Å². The highest BCUT2D eigenvalue weighted by molar-refractivity contribution is 5.14. The molecule has 154 valence electrons. The lowest BCUT2D eigenvalue weighted by Crippen LogP contribution is -2.57. The summed E-state index contributed by atoms with van der Waals surface area (Å²) in [4.78, 5) is 0. The molecule has 0 saturated carbocycles. The highest BCUT2D eigenvalue weighted by atomic mass is 19.4. The van der Waals surface area contributed by atoms with Crippen LogP contribution in [0.5, 0.6) is 0 Å². The second kappa shape index (κ2) is 10.0. The molecule has 3 atom stereocenters. The molecule has 0 aliphatic heterocycles. The van der Waals surface area contributed by atoms with Crippen molar-refractivity contribution >= 4 is 0 Å². The SMILES string of the molecule is CC[C@@](F)([C@H](OCc1ccccc1)[C@@H](CO)OCc1ccccc1)C(F)(F)F. The van der Waals surface area contributed by atoms with E-state index in [1.807, 2.05) is 0 Å². The van der Waals surface area contributed by atoms with Crippen LogP contribution in [0.15, 0.2) is 60.7 Å². The van der Waals surface area contributed by atoms with Crippen LogP contribution in [-0.2, 0) is 22.7 Å². The van der Waals surface area contributed by atoms with Crippen molar-refractivity contribution in [3.05, 3.63) is 71.8 Å². The van der Waals surface area contributed by atoms with Gasteiger partial charge >= 0.3 is 6.18 Å². The van der Waals surface area contributed by atoms with Gasteiger partial charge in [-0.1, -0.05) is 67.6 Å². The van der Waals surface area contributed by atoms with Crippen LogP contribution < -0.4 is 0 Å². The number of hydrogen-bond acceptors (Lipinski definition) is 3. The molecule has 0 spiro atoms. The number of halogens is 4. The Morgan fingerprint density at radius 3 is 1.68 bits per heavy atom. The van der Waals surface area contributed by atoms with Crippen molar-refractivity contribution < 1.29 is 32.1 Å². The van der Waals surface area contributed by atoms with E-state index in [0.717, 1.165) is 6.92 Å². The van der Waals surface area contributed by atoms with Gasteiger partial charge in [0, 0.05) is 0 Å². The molecule has 0 heterocycles. The van der Waals surface area contributed by atoms with Gasteiger partial charge in [-0.15, -0.1) is 0 Å². The Bertz CT molecular complexity index is 694. The minimum atomic E-state index is -5.17. The van der Waals surface area contributed by atoms with E-state index in [1.54, 1.807) is 60.7 Å². The van der Waals surface area contributed by atoms with Gasteiger partial charge in [-0.2, -0.15) is 13.2 Å². The predicted octanol–water partition coefficient (Wildman–Crippen LogP) is 4.83. The quantitative estimate of drug-likeness (QED) is 0.581. The number of ether oxygens (including phenoxy) is 2. The fourth-order valence-corrected chi connectivity index (χ4v) is 2.87. The van der Waals surface area contributed by atoms with E-state index in [4.69, 9.17) is 9.47 Å². The van der Waals surface area contributed by atoms with Crippen LogP contribution in [0.1, 0.15) is 24.5 Å². The van der Waals surface area contributed by atoms with E-state index in [1.165, 1.54) is 0 Å². The summed E-state index contributed by atoms with van der Waals surface area (Å²) in [5.74, 6) is 0. The molecule has 2 aromatic carbocycles. The Morgan fingerprint density at radius 1 is 0.821 bits per heavy atom. The van der Waals surface area contributed by atoms with E-state index in [9.17, 15) is 18.3 Å². The number of alkyl halides is 4. The number of rotatable bonds is 10. The average Bonchev–Trinajstić information content (AvgIpc) is 2.70. The zero-order valence-electron chi connectivity index (χ0n) is 15.5. The third kappa shape index (κ3) is 5.53. The Morgan fingerprint density at radius 2 is 1.29 bits per heavy atom. The van der Waals surface area contributed by atoms with Gasteiger partial charge < -0.3 is 14.6 Å². The predicted molar refractivity (Wildman–Crippen MR) is 97.3 cm³/mol. The van der Waals surface area contributed by atoms with E-state index in [2.05, 4.69) is 0 Å². The number of hydrogen-bond donors (Lipinski definition) is 1. The van der Waals surface area contributed by atoms with Crippen molar-refractivity contribution in [2.24, 2.45) is 0 Å². The van der Waals surface area contributed by atoms with Crippen molar-refractivity contribution in [3.8, 4) is 0 Å². The summed E-state index contributed by atoms with van der Waals surface area (Å²) in [6.45, 7) is -0.0284. The molecule has 2 aromatic rings. The monoisotopic (exact) mass is 400 g/mol. The molecule has 7 heteroatoms. The van der Waals surface area contributed by atoms with Gasteiger partial charge in [0.05, 0.1) is 19.8 Å². The molecule has 0 bridgehead atoms. The zero-order valence-corrected chi connectivity index (χ0v) is 15.5. The van der Waals surface area contributed by atoms with E-state index in [-0.39, 0.29) is 13.2 Å². The highest BCUT2D eigenvalue weighted by Crippen LogP contribution is 2.42. The molecule has 0 aromatic heterocycles. The van der Waals surface area contributed by atoms with Crippen molar-refractivity contribution in [2.75, 3.05) is 6.61 Å². The smallest absolute Gasteiger partial charge is 0.394 e. The molecule has 0 unspecified atom stereocenters. The molecule has 0 saturated heterocycles. The highest BCUT2D eigenvalue weighted by Gasteiger charge is 2.62. The van der Waals surface area contributed by atoms with Crippen LogP contribution in [0.3, 0.4) is 0 Å². The summed E-state index contributed by atoms with van der Waals surface area (Å²) in [5, 5.41) is 9.66. The first kappa shape index (κ1) is 22.3. The summed E-state index contributed by atoms with van der Waals surface area (Å²) in [6, 6.07) is 17.2. The molecule has 3 nitrogen and oxygen atoms in total. The molecule has 28 heavy (non-hydrogen) atoms. The average molecular weight is 400 g/mol. The van der Waals surface area contributed by atoms with Gasteiger partial charge in [-0.05, 0) is 17.5 Å². The fourth-order valence-electron chi connectivity index (χ4n) is 2.87. The van der Waals surface area contributed by atoms with Gasteiger partial charge in [0.2, 0.25) is 5.67 Å². The molecule has 0 aliphatic rings. The molecule has 0 radical (unpaired) electrons. The molecular weight excluding hydrogens is 376 g/mol. The normalized spacial score (nSPS) is 16.4. The second-order valence-corrected chi connectivity index (χ2v) is 6.45. The standard InChI is InChI=1S/C21H24F4O3/c1-2-20(22,21(23,24)25)19(28-15-17-11-7-4-8-12-17)18(13-26)27-14-16-9-5-3-6-10-16/h3-12,18-19,26H,2,13-15H2,1H3/t18-,19-,20-/m1/s1. The lowest BCUT2D eigenvalue weighted by atomic mass is 9.90. The van der Waals surface area contributed by atoms with Crippen LogP contribution in [0.2, 0.25) is 0 Å². The van der Waals surface area contributed by atoms with Crippen molar-refractivity contribution in [3.63, 3.8) is 0 Å². The van der Waals surface area contributed by atoms with E-state index < -0.39 is 37.1 Å². The largest absolute Gasteiger partial charge is 0.425 e. The first-order valence-corrected chi connectivity index (χ1v) is 8.99. The summed E-state index contributed by atoms with van der Waals surface area (Å²) >= 11 is 0. The minimum Gasteiger partial charge on any atom is -0.394 e. The summed E-state index contributed by atoms with van der Waals surface area (Å²) in [5.41, 5.74) is -2.38. The topological polar surface area (TPSA) is 38.7 Å². The molecule has 0 amide bonds. The second-order valence-electron chi connectivity index (χ2n) is 6.45. The lowest BCUT2D eigenvalue weighted by Gasteiger charge is -2.38. The number of aliphatic hydroxyl groups is 1. The Kier molecular flexibility index (Phi) is 7.98. The first-order chi connectivity index (χ1) is 13.3. The summed E-state index contributed by atoms with van der Waals surface area (Å²) < 4.78 is 66.6. The number of benzene rings is 2. The van der Waals surface area contributed by atoms with Gasteiger partial charge in [0.15, 0.2) is 0 Å². The maximum absolute atomic E-state index is 15.1. The minimum absolute atomic E-state index is 0.0745. The van der Waals surface area contributed by atoms with E-state index >= 15 is 4.39 Å². The summed E-state index contributed by atoms with van der Waals surface area (Å²) in [6.07, 6.45) is -9.55. The number of aliphatic hydroxyl groups excluding tert-OH is 1. The third-order valence-corrected chi connectivity index (χ3v) is 4.53. The molecule has 0 aliphatic carbocycles. The van der Waals surface area contributed by atoms with Crippen molar-refractivity contribution in [1.29, 1.82) is 0 Å². The van der Waals surface area contributed by atoms with Gasteiger partial charge in [-0.3, -0.25) is 0 Å². The Balaban J connectivity index is 2.23. The molecule has 2 rings (SSSR count). The van der Waals surface area contributed by atoms with Crippen LogP contribution >= 0.6 is 0 Å².